The Labute approximate surface area is 127 Å². The van der Waals surface area contributed by atoms with Crippen LogP contribution in [0.1, 0.15) is 36.7 Å². The van der Waals surface area contributed by atoms with E-state index in [0.29, 0.717) is 0 Å². The van der Waals surface area contributed by atoms with Crippen LogP contribution in [-0.2, 0) is 16.0 Å². The van der Waals surface area contributed by atoms with Crippen molar-refractivity contribution in [3.8, 4) is 0 Å². The fourth-order valence-electron chi connectivity index (χ4n) is 1.71. The SMILES string of the molecule is COC(=O)c1c(CNC(=O)OC(C)(C)C)cccc1[N+](=O)[O-]. The minimum atomic E-state index is -0.840. The Morgan fingerprint density at radius 2 is 1.95 bits per heavy atom. The second-order valence-electron chi connectivity index (χ2n) is 5.42. The molecule has 0 aliphatic heterocycles. The number of hydrogen-bond donors (Lipinski definition) is 1. The van der Waals surface area contributed by atoms with Crippen molar-refractivity contribution in [3.05, 3.63) is 39.4 Å². The number of alkyl carbamates (subject to hydrolysis) is 1. The van der Waals surface area contributed by atoms with E-state index in [4.69, 9.17) is 4.74 Å². The van der Waals surface area contributed by atoms with Crippen molar-refractivity contribution in [1.29, 1.82) is 0 Å². The van der Waals surface area contributed by atoms with Gasteiger partial charge in [-0.25, -0.2) is 9.59 Å². The number of methoxy groups -OCH3 is 1. The van der Waals surface area contributed by atoms with Crippen molar-refractivity contribution in [2.45, 2.75) is 32.9 Å². The molecule has 1 N–H and O–H groups in total. The van der Waals surface area contributed by atoms with Crippen LogP contribution in [-0.4, -0.2) is 29.7 Å². The van der Waals surface area contributed by atoms with Crippen molar-refractivity contribution in [1.82, 2.24) is 5.32 Å². The number of rotatable bonds is 4. The number of esters is 1. The number of nitrogens with zero attached hydrogens (tertiary/aromatic N) is 1. The molecule has 1 amide bonds. The summed E-state index contributed by atoms with van der Waals surface area (Å²) >= 11 is 0. The van der Waals surface area contributed by atoms with Gasteiger partial charge < -0.3 is 14.8 Å². The van der Waals surface area contributed by atoms with Gasteiger partial charge in [0.1, 0.15) is 11.2 Å². The highest BCUT2D eigenvalue weighted by Gasteiger charge is 2.25. The van der Waals surface area contributed by atoms with E-state index in [1.54, 1.807) is 20.8 Å². The van der Waals surface area contributed by atoms with E-state index in [2.05, 4.69) is 10.1 Å². The first-order valence-corrected chi connectivity index (χ1v) is 6.47. The standard InChI is InChI=1S/C14H18N2O6/c1-14(2,3)22-13(18)15-8-9-6-5-7-10(16(19)20)11(9)12(17)21-4/h5-7H,8H2,1-4H3,(H,15,18). The molecule has 0 radical (unpaired) electrons. The Bertz CT molecular complexity index is 591. The third kappa shape index (κ3) is 4.72. The van der Waals surface area contributed by atoms with Crippen LogP contribution in [0.15, 0.2) is 18.2 Å². The predicted octanol–water partition coefficient (Wildman–Crippen LogP) is 2.41. The highest BCUT2D eigenvalue weighted by atomic mass is 16.6. The van der Waals surface area contributed by atoms with Crippen molar-refractivity contribution in [3.63, 3.8) is 0 Å². The van der Waals surface area contributed by atoms with E-state index in [-0.39, 0.29) is 23.4 Å². The van der Waals surface area contributed by atoms with Crippen LogP contribution < -0.4 is 5.32 Å². The third-order valence-electron chi connectivity index (χ3n) is 2.54. The van der Waals surface area contributed by atoms with E-state index in [9.17, 15) is 19.7 Å². The Hall–Kier alpha value is -2.64. The van der Waals surface area contributed by atoms with Gasteiger partial charge in [0.15, 0.2) is 0 Å². The highest BCUT2D eigenvalue weighted by molar-refractivity contribution is 5.95. The lowest BCUT2D eigenvalue weighted by atomic mass is 10.1. The van der Waals surface area contributed by atoms with Crippen molar-refractivity contribution >= 4 is 17.7 Å². The molecule has 0 unspecified atom stereocenters. The molecule has 0 fully saturated rings. The topological polar surface area (TPSA) is 108 Å². The average molecular weight is 310 g/mol. The summed E-state index contributed by atoms with van der Waals surface area (Å²) in [7, 11) is 1.13. The summed E-state index contributed by atoms with van der Waals surface area (Å²) in [5.74, 6) is -0.840. The zero-order valence-electron chi connectivity index (χ0n) is 12.8. The zero-order chi connectivity index (χ0) is 16.9. The molecule has 120 valence electrons. The highest BCUT2D eigenvalue weighted by Crippen LogP contribution is 2.23. The number of hydrogen-bond acceptors (Lipinski definition) is 6. The summed E-state index contributed by atoms with van der Waals surface area (Å²) in [5.41, 5.74) is -0.967. The second-order valence-corrected chi connectivity index (χ2v) is 5.42. The van der Waals surface area contributed by atoms with Crippen LogP contribution in [0.5, 0.6) is 0 Å². The minimum absolute atomic E-state index is 0.0962. The Morgan fingerprint density at radius 1 is 1.32 bits per heavy atom. The first-order valence-electron chi connectivity index (χ1n) is 6.47. The maximum absolute atomic E-state index is 11.8. The molecule has 0 atom stereocenters. The Balaban J connectivity index is 3.00. The molecule has 22 heavy (non-hydrogen) atoms. The van der Waals surface area contributed by atoms with Crippen LogP contribution in [0.3, 0.4) is 0 Å². The van der Waals surface area contributed by atoms with Gasteiger partial charge >= 0.3 is 12.1 Å². The number of ether oxygens (including phenoxy) is 2. The average Bonchev–Trinajstić information content (AvgIpc) is 2.41. The molecular formula is C14H18N2O6. The van der Waals surface area contributed by atoms with Crippen LogP contribution in [0.2, 0.25) is 0 Å². The molecule has 0 aliphatic carbocycles. The monoisotopic (exact) mass is 310 g/mol. The molecule has 8 nitrogen and oxygen atoms in total. The van der Waals surface area contributed by atoms with E-state index < -0.39 is 22.6 Å². The molecule has 0 saturated carbocycles. The van der Waals surface area contributed by atoms with Gasteiger partial charge in [0.25, 0.3) is 5.69 Å². The van der Waals surface area contributed by atoms with E-state index in [0.717, 1.165) is 7.11 Å². The van der Waals surface area contributed by atoms with Gasteiger partial charge in [-0.1, -0.05) is 12.1 Å². The summed E-state index contributed by atoms with van der Waals surface area (Å²) in [5, 5.41) is 13.5. The molecule has 1 rings (SSSR count). The normalized spacial score (nSPS) is 10.7. The van der Waals surface area contributed by atoms with Gasteiger partial charge in [-0.05, 0) is 26.3 Å². The van der Waals surface area contributed by atoms with Crippen LogP contribution in [0, 0.1) is 10.1 Å². The fourth-order valence-corrected chi connectivity index (χ4v) is 1.71. The number of nitro groups is 1. The van der Waals surface area contributed by atoms with Gasteiger partial charge in [-0.2, -0.15) is 0 Å². The molecule has 8 heteroatoms. The van der Waals surface area contributed by atoms with Crippen molar-refractivity contribution < 1.29 is 24.0 Å². The lowest BCUT2D eigenvalue weighted by Gasteiger charge is -2.20. The van der Waals surface area contributed by atoms with Crippen LogP contribution in [0.4, 0.5) is 10.5 Å². The molecule has 0 bridgehead atoms. The predicted molar refractivity (Wildman–Crippen MR) is 77.5 cm³/mol. The second kappa shape index (κ2) is 6.88. The summed E-state index contributed by atoms with van der Waals surface area (Å²) in [6, 6.07) is 4.12. The minimum Gasteiger partial charge on any atom is -0.465 e. The molecule has 0 aromatic heterocycles. The Kier molecular flexibility index (Phi) is 5.44. The molecule has 0 aliphatic rings. The largest absolute Gasteiger partial charge is 0.465 e. The number of amides is 1. The summed E-state index contributed by atoms with van der Waals surface area (Å²) in [6.07, 6.45) is -0.685. The van der Waals surface area contributed by atoms with Gasteiger partial charge in [-0.3, -0.25) is 10.1 Å². The van der Waals surface area contributed by atoms with Gasteiger partial charge in [0.2, 0.25) is 0 Å². The lowest BCUT2D eigenvalue weighted by molar-refractivity contribution is -0.385. The quantitative estimate of drug-likeness (QED) is 0.520. The number of benzene rings is 1. The maximum atomic E-state index is 11.8. The Morgan fingerprint density at radius 3 is 2.45 bits per heavy atom. The number of nitro benzene ring substituents is 1. The van der Waals surface area contributed by atoms with E-state index in [1.165, 1.54) is 18.2 Å². The molecular weight excluding hydrogens is 292 g/mol. The number of carbonyl (C=O) groups excluding carboxylic acids is 2. The number of nitrogens with one attached hydrogen (secondary N) is 1. The summed E-state index contributed by atoms with van der Waals surface area (Å²) in [4.78, 5) is 33.7. The molecule has 0 heterocycles. The fraction of sp³-hybridized carbons (Fsp3) is 0.429. The molecule has 0 saturated heterocycles. The molecule has 1 aromatic carbocycles. The maximum Gasteiger partial charge on any atom is 0.407 e. The van der Waals surface area contributed by atoms with E-state index in [1.807, 2.05) is 0 Å². The van der Waals surface area contributed by atoms with Crippen LogP contribution >= 0.6 is 0 Å². The lowest BCUT2D eigenvalue weighted by Crippen LogP contribution is -2.32. The first-order chi connectivity index (χ1) is 10.2. The van der Waals surface area contributed by atoms with Crippen LogP contribution in [0.25, 0.3) is 0 Å². The van der Waals surface area contributed by atoms with E-state index >= 15 is 0 Å². The first kappa shape index (κ1) is 17.4. The smallest absolute Gasteiger partial charge is 0.407 e. The van der Waals surface area contributed by atoms with Crippen molar-refractivity contribution in [2.24, 2.45) is 0 Å². The van der Waals surface area contributed by atoms with Gasteiger partial charge in [0.05, 0.1) is 12.0 Å². The zero-order valence-corrected chi connectivity index (χ0v) is 12.8. The molecule has 0 spiro atoms. The van der Waals surface area contributed by atoms with Gasteiger partial charge in [-0.15, -0.1) is 0 Å². The van der Waals surface area contributed by atoms with Crippen molar-refractivity contribution in [2.75, 3.05) is 7.11 Å². The summed E-state index contributed by atoms with van der Waals surface area (Å²) in [6.45, 7) is 5.03. The molecule has 1 aromatic rings. The number of carbonyl (C=O) groups is 2. The van der Waals surface area contributed by atoms with Gasteiger partial charge in [0, 0.05) is 12.6 Å². The summed E-state index contributed by atoms with van der Waals surface area (Å²) < 4.78 is 9.63. The third-order valence-corrected chi connectivity index (χ3v) is 2.54.